The largest absolute Gasteiger partial charge is 0.489 e. The Morgan fingerprint density at radius 1 is 1.39 bits per heavy atom. The molecule has 0 saturated heterocycles. The molecular formula is C14H25N3O. The van der Waals surface area contributed by atoms with E-state index in [1.807, 2.05) is 32.0 Å². The SMILES string of the molecule is CCN(C)CCNc1ccc(N)c(OC(C)C)c1. The molecule has 0 spiro atoms. The highest BCUT2D eigenvalue weighted by Gasteiger charge is 2.04. The first kappa shape index (κ1) is 14.6. The van der Waals surface area contributed by atoms with Gasteiger partial charge in [-0.25, -0.2) is 0 Å². The van der Waals surface area contributed by atoms with Crippen molar-refractivity contribution >= 4 is 11.4 Å². The zero-order chi connectivity index (χ0) is 13.5. The molecule has 4 nitrogen and oxygen atoms in total. The van der Waals surface area contributed by atoms with Crippen molar-refractivity contribution in [3.63, 3.8) is 0 Å². The first-order chi connectivity index (χ1) is 8.52. The van der Waals surface area contributed by atoms with Crippen molar-refractivity contribution in [1.29, 1.82) is 0 Å². The summed E-state index contributed by atoms with van der Waals surface area (Å²) >= 11 is 0. The fourth-order valence-corrected chi connectivity index (χ4v) is 1.55. The van der Waals surface area contributed by atoms with Crippen LogP contribution >= 0.6 is 0 Å². The lowest BCUT2D eigenvalue weighted by Gasteiger charge is -2.16. The number of nitrogens with two attached hydrogens (primary N) is 1. The fraction of sp³-hybridized carbons (Fsp3) is 0.571. The summed E-state index contributed by atoms with van der Waals surface area (Å²) in [5, 5.41) is 3.37. The Balaban J connectivity index is 2.56. The van der Waals surface area contributed by atoms with Crippen molar-refractivity contribution in [2.75, 3.05) is 37.7 Å². The third-order valence-corrected chi connectivity index (χ3v) is 2.74. The van der Waals surface area contributed by atoms with Gasteiger partial charge in [-0.3, -0.25) is 0 Å². The quantitative estimate of drug-likeness (QED) is 0.731. The molecule has 1 aromatic carbocycles. The van der Waals surface area contributed by atoms with Gasteiger partial charge >= 0.3 is 0 Å². The van der Waals surface area contributed by atoms with Crippen molar-refractivity contribution in [3.05, 3.63) is 18.2 Å². The molecule has 0 bridgehead atoms. The zero-order valence-corrected chi connectivity index (χ0v) is 11.9. The van der Waals surface area contributed by atoms with E-state index in [0.717, 1.165) is 31.1 Å². The van der Waals surface area contributed by atoms with Crippen molar-refractivity contribution in [2.24, 2.45) is 0 Å². The van der Waals surface area contributed by atoms with Crippen LogP contribution in [0, 0.1) is 0 Å². The van der Waals surface area contributed by atoms with E-state index < -0.39 is 0 Å². The average molecular weight is 251 g/mol. The Bertz CT molecular complexity index is 366. The van der Waals surface area contributed by atoms with E-state index in [1.165, 1.54) is 0 Å². The van der Waals surface area contributed by atoms with E-state index in [1.54, 1.807) is 0 Å². The van der Waals surface area contributed by atoms with Gasteiger partial charge in [0.05, 0.1) is 11.8 Å². The van der Waals surface area contributed by atoms with Gasteiger partial charge in [0.2, 0.25) is 0 Å². The Hall–Kier alpha value is -1.42. The summed E-state index contributed by atoms with van der Waals surface area (Å²) in [4.78, 5) is 2.26. The van der Waals surface area contributed by atoms with Crippen LogP contribution in [-0.4, -0.2) is 37.7 Å². The third-order valence-electron chi connectivity index (χ3n) is 2.74. The molecule has 0 aliphatic heterocycles. The van der Waals surface area contributed by atoms with Gasteiger partial charge in [0, 0.05) is 24.8 Å². The van der Waals surface area contributed by atoms with Gasteiger partial charge in [-0.15, -0.1) is 0 Å². The molecule has 0 radical (unpaired) electrons. The normalized spacial score (nSPS) is 11.0. The summed E-state index contributed by atoms with van der Waals surface area (Å²) in [7, 11) is 2.11. The van der Waals surface area contributed by atoms with Gasteiger partial charge in [-0.2, -0.15) is 0 Å². The van der Waals surface area contributed by atoms with E-state index in [0.29, 0.717) is 5.69 Å². The van der Waals surface area contributed by atoms with E-state index >= 15 is 0 Å². The standard InChI is InChI=1S/C14H25N3O/c1-5-17(4)9-8-16-12-6-7-13(15)14(10-12)18-11(2)3/h6-7,10-11,16H,5,8-9,15H2,1-4H3. The molecule has 1 rings (SSSR count). The number of rotatable bonds is 7. The van der Waals surface area contributed by atoms with Gasteiger partial charge in [-0.1, -0.05) is 6.92 Å². The van der Waals surface area contributed by atoms with Crippen molar-refractivity contribution in [2.45, 2.75) is 26.9 Å². The van der Waals surface area contributed by atoms with Crippen LogP contribution in [0.1, 0.15) is 20.8 Å². The maximum Gasteiger partial charge on any atom is 0.144 e. The highest BCUT2D eigenvalue weighted by atomic mass is 16.5. The Labute approximate surface area is 110 Å². The van der Waals surface area contributed by atoms with Gasteiger partial charge < -0.3 is 20.7 Å². The second-order valence-corrected chi connectivity index (χ2v) is 4.74. The van der Waals surface area contributed by atoms with Crippen molar-refractivity contribution in [3.8, 4) is 5.75 Å². The van der Waals surface area contributed by atoms with Crippen molar-refractivity contribution < 1.29 is 4.74 Å². The number of nitrogens with zero attached hydrogens (tertiary/aromatic N) is 1. The minimum absolute atomic E-state index is 0.133. The highest BCUT2D eigenvalue weighted by molar-refractivity contribution is 5.61. The second kappa shape index (κ2) is 7.11. The van der Waals surface area contributed by atoms with E-state index in [-0.39, 0.29) is 6.10 Å². The first-order valence-corrected chi connectivity index (χ1v) is 6.51. The van der Waals surface area contributed by atoms with E-state index in [4.69, 9.17) is 10.5 Å². The molecule has 0 atom stereocenters. The van der Waals surface area contributed by atoms with Crippen LogP contribution < -0.4 is 15.8 Å². The molecule has 102 valence electrons. The van der Waals surface area contributed by atoms with Gasteiger partial charge in [0.15, 0.2) is 0 Å². The summed E-state index contributed by atoms with van der Waals surface area (Å²) in [6, 6.07) is 5.82. The summed E-state index contributed by atoms with van der Waals surface area (Å²) < 4.78 is 5.66. The van der Waals surface area contributed by atoms with Crippen LogP contribution in [0.2, 0.25) is 0 Å². The molecule has 0 aliphatic rings. The topological polar surface area (TPSA) is 50.5 Å². The number of benzene rings is 1. The molecule has 18 heavy (non-hydrogen) atoms. The van der Waals surface area contributed by atoms with Crippen LogP contribution in [0.4, 0.5) is 11.4 Å². The van der Waals surface area contributed by atoms with Crippen LogP contribution in [0.25, 0.3) is 0 Å². The van der Waals surface area contributed by atoms with Crippen LogP contribution in [0.3, 0.4) is 0 Å². The lowest BCUT2D eigenvalue weighted by molar-refractivity contribution is 0.244. The summed E-state index contributed by atoms with van der Waals surface area (Å²) in [5.41, 5.74) is 7.60. The molecule has 1 aromatic rings. The van der Waals surface area contributed by atoms with E-state index in [9.17, 15) is 0 Å². The zero-order valence-electron chi connectivity index (χ0n) is 11.9. The minimum Gasteiger partial charge on any atom is -0.489 e. The molecule has 0 fully saturated rings. The minimum atomic E-state index is 0.133. The highest BCUT2D eigenvalue weighted by Crippen LogP contribution is 2.26. The third kappa shape index (κ3) is 4.84. The summed E-state index contributed by atoms with van der Waals surface area (Å²) in [6.45, 7) is 9.13. The first-order valence-electron chi connectivity index (χ1n) is 6.51. The molecule has 0 saturated carbocycles. The van der Waals surface area contributed by atoms with E-state index in [2.05, 4.69) is 24.2 Å². The second-order valence-electron chi connectivity index (χ2n) is 4.74. The van der Waals surface area contributed by atoms with Gasteiger partial charge in [0.1, 0.15) is 5.75 Å². The smallest absolute Gasteiger partial charge is 0.144 e. The summed E-state index contributed by atoms with van der Waals surface area (Å²) in [6.07, 6.45) is 0.133. The molecule has 0 aromatic heterocycles. The Morgan fingerprint density at radius 3 is 2.72 bits per heavy atom. The van der Waals surface area contributed by atoms with Crippen molar-refractivity contribution in [1.82, 2.24) is 4.90 Å². The molecule has 0 amide bonds. The number of hydrogen-bond acceptors (Lipinski definition) is 4. The monoisotopic (exact) mass is 251 g/mol. The molecule has 3 N–H and O–H groups in total. The Morgan fingerprint density at radius 2 is 2.11 bits per heavy atom. The van der Waals surface area contributed by atoms with Crippen LogP contribution in [0.15, 0.2) is 18.2 Å². The molecule has 4 heteroatoms. The number of hydrogen-bond donors (Lipinski definition) is 2. The fourth-order valence-electron chi connectivity index (χ4n) is 1.55. The number of nitrogens with one attached hydrogen (secondary N) is 1. The maximum atomic E-state index is 5.88. The lowest BCUT2D eigenvalue weighted by Crippen LogP contribution is -2.24. The van der Waals surface area contributed by atoms with Crippen LogP contribution in [-0.2, 0) is 0 Å². The molecule has 0 unspecified atom stereocenters. The van der Waals surface area contributed by atoms with Gasteiger partial charge in [-0.05, 0) is 39.6 Å². The number of anilines is 2. The predicted molar refractivity (Wildman–Crippen MR) is 78.3 cm³/mol. The molecule has 0 heterocycles. The van der Waals surface area contributed by atoms with Gasteiger partial charge in [0.25, 0.3) is 0 Å². The average Bonchev–Trinajstić information content (AvgIpc) is 2.32. The lowest BCUT2D eigenvalue weighted by atomic mass is 10.2. The number of ether oxygens (including phenoxy) is 1. The summed E-state index contributed by atoms with van der Waals surface area (Å²) in [5.74, 6) is 0.749. The molecule has 0 aliphatic carbocycles. The van der Waals surface area contributed by atoms with Crippen LogP contribution in [0.5, 0.6) is 5.75 Å². The molecular weight excluding hydrogens is 226 g/mol. The number of likely N-dealkylation sites (N-methyl/N-ethyl adjacent to an activating group) is 1. The predicted octanol–water partition coefficient (Wildman–Crippen LogP) is 2.42. The maximum absolute atomic E-state index is 5.88. The Kier molecular flexibility index (Phi) is 5.78. The number of nitrogen functional groups attached to an aromatic ring is 1.